The summed E-state index contributed by atoms with van der Waals surface area (Å²) in [5.74, 6) is -1.76. The SMILES string of the molecule is COc1ccc(/C=C/C(=O)O[C@H](C)C(=O)N(C)[C@H]2CCS(=O)(=O)C2)cc1F. The number of ether oxygens (including phenoxy) is 2. The van der Waals surface area contributed by atoms with Crippen molar-refractivity contribution in [1.82, 2.24) is 4.90 Å². The van der Waals surface area contributed by atoms with Crippen LogP contribution in [0.3, 0.4) is 0 Å². The number of hydrogen-bond acceptors (Lipinski definition) is 6. The Morgan fingerprint density at radius 3 is 2.63 bits per heavy atom. The van der Waals surface area contributed by atoms with E-state index in [1.807, 2.05) is 0 Å². The fourth-order valence-electron chi connectivity index (χ4n) is 2.76. The zero-order valence-electron chi connectivity index (χ0n) is 15.3. The lowest BCUT2D eigenvalue weighted by atomic mass is 10.2. The molecular formula is C18H22FNO6S. The third kappa shape index (κ3) is 5.53. The van der Waals surface area contributed by atoms with Crippen molar-refractivity contribution in [3.63, 3.8) is 0 Å². The highest BCUT2D eigenvalue weighted by atomic mass is 32.2. The number of methoxy groups -OCH3 is 1. The fourth-order valence-corrected chi connectivity index (χ4v) is 4.54. The monoisotopic (exact) mass is 399 g/mol. The lowest BCUT2D eigenvalue weighted by Gasteiger charge is -2.26. The highest BCUT2D eigenvalue weighted by Gasteiger charge is 2.34. The third-order valence-electron chi connectivity index (χ3n) is 4.33. The highest BCUT2D eigenvalue weighted by Crippen LogP contribution is 2.19. The van der Waals surface area contributed by atoms with Gasteiger partial charge in [0, 0.05) is 19.2 Å². The Hall–Kier alpha value is -2.42. The van der Waals surface area contributed by atoms with E-state index in [4.69, 9.17) is 9.47 Å². The maximum absolute atomic E-state index is 13.6. The van der Waals surface area contributed by atoms with E-state index in [9.17, 15) is 22.4 Å². The van der Waals surface area contributed by atoms with Gasteiger partial charge in [-0.05, 0) is 37.1 Å². The van der Waals surface area contributed by atoms with Crippen LogP contribution < -0.4 is 4.74 Å². The number of esters is 1. The van der Waals surface area contributed by atoms with E-state index in [1.54, 1.807) is 6.07 Å². The normalized spacial score (nSPS) is 19.6. The van der Waals surface area contributed by atoms with Crippen LogP contribution >= 0.6 is 0 Å². The molecule has 1 aliphatic rings. The van der Waals surface area contributed by atoms with Gasteiger partial charge < -0.3 is 14.4 Å². The summed E-state index contributed by atoms with van der Waals surface area (Å²) in [6.07, 6.45) is 1.75. The van der Waals surface area contributed by atoms with Crippen LogP contribution in [0.15, 0.2) is 24.3 Å². The number of carbonyl (C=O) groups excluding carboxylic acids is 2. The molecule has 1 aromatic carbocycles. The number of nitrogens with zero attached hydrogens (tertiary/aromatic N) is 1. The van der Waals surface area contributed by atoms with Gasteiger partial charge in [-0.3, -0.25) is 4.79 Å². The Bertz CT molecular complexity index is 851. The summed E-state index contributed by atoms with van der Waals surface area (Å²) in [5.41, 5.74) is 0.428. The zero-order valence-corrected chi connectivity index (χ0v) is 16.2. The molecule has 1 heterocycles. The van der Waals surface area contributed by atoms with Crippen LogP contribution in [0.5, 0.6) is 5.75 Å². The summed E-state index contributed by atoms with van der Waals surface area (Å²) in [4.78, 5) is 25.5. The van der Waals surface area contributed by atoms with Crippen molar-refractivity contribution in [1.29, 1.82) is 0 Å². The van der Waals surface area contributed by atoms with Crippen molar-refractivity contribution in [2.75, 3.05) is 25.7 Å². The Kier molecular flexibility index (Phi) is 6.59. The van der Waals surface area contributed by atoms with Crippen LogP contribution in [0.2, 0.25) is 0 Å². The van der Waals surface area contributed by atoms with E-state index < -0.39 is 39.7 Å². The van der Waals surface area contributed by atoms with E-state index in [0.29, 0.717) is 12.0 Å². The van der Waals surface area contributed by atoms with E-state index in [-0.39, 0.29) is 17.3 Å². The first-order valence-electron chi connectivity index (χ1n) is 8.32. The van der Waals surface area contributed by atoms with Gasteiger partial charge in [0.2, 0.25) is 0 Å². The van der Waals surface area contributed by atoms with Crippen molar-refractivity contribution < 1.29 is 31.9 Å². The molecule has 0 aliphatic carbocycles. The number of sulfone groups is 1. The maximum Gasteiger partial charge on any atom is 0.331 e. The van der Waals surface area contributed by atoms with Gasteiger partial charge in [-0.25, -0.2) is 17.6 Å². The molecule has 2 rings (SSSR count). The molecule has 7 nitrogen and oxygen atoms in total. The van der Waals surface area contributed by atoms with Gasteiger partial charge in [-0.2, -0.15) is 0 Å². The number of likely N-dealkylation sites (N-methyl/N-ethyl adjacent to an activating group) is 1. The van der Waals surface area contributed by atoms with Crippen molar-refractivity contribution in [2.24, 2.45) is 0 Å². The number of hydrogen-bond donors (Lipinski definition) is 0. The Balaban J connectivity index is 1.92. The van der Waals surface area contributed by atoms with Gasteiger partial charge in [-0.1, -0.05) is 6.07 Å². The van der Waals surface area contributed by atoms with Crippen LogP contribution in [0.1, 0.15) is 18.9 Å². The van der Waals surface area contributed by atoms with Crippen molar-refractivity contribution in [2.45, 2.75) is 25.5 Å². The minimum Gasteiger partial charge on any atom is -0.494 e. The van der Waals surface area contributed by atoms with Crippen molar-refractivity contribution >= 4 is 27.8 Å². The van der Waals surface area contributed by atoms with Crippen LogP contribution in [-0.2, 0) is 24.2 Å². The molecule has 0 aromatic heterocycles. The molecule has 0 saturated carbocycles. The molecular weight excluding hydrogens is 377 g/mol. The minimum atomic E-state index is -3.12. The molecule has 0 N–H and O–H groups in total. The van der Waals surface area contributed by atoms with E-state index >= 15 is 0 Å². The molecule has 1 amide bonds. The summed E-state index contributed by atoms with van der Waals surface area (Å²) in [6.45, 7) is 1.42. The van der Waals surface area contributed by atoms with E-state index in [0.717, 1.165) is 6.08 Å². The smallest absolute Gasteiger partial charge is 0.331 e. The quantitative estimate of drug-likeness (QED) is 0.531. The number of carbonyl (C=O) groups is 2. The molecule has 0 bridgehead atoms. The zero-order chi connectivity index (χ0) is 20.2. The average Bonchev–Trinajstić information content (AvgIpc) is 2.98. The Labute approximate surface area is 157 Å². The first-order valence-corrected chi connectivity index (χ1v) is 10.1. The lowest BCUT2D eigenvalue weighted by molar-refractivity contribution is -0.155. The topological polar surface area (TPSA) is 90.0 Å². The second kappa shape index (κ2) is 8.51. The van der Waals surface area contributed by atoms with Gasteiger partial charge in [0.15, 0.2) is 27.5 Å². The lowest BCUT2D eigenvalue weighted by Crippen LogP contribution is -2.44. The van der Waals surface area contributed by atoms with Crippen LogP contribution in [0, 0.1) is 5.82 Å². The number of halogens is 1. The second-order valence-electron chi connectivity index (χ2n) is 6.31. The van der Waals surface area contributed by atoms with Gasteiger partial charge in [0.1, 0.15) is 0 Å². The third-order valence-corrected chi connectivity index (χ3v) is 6.08. The number of rotatable bonds is 6. The van der Waals surface area contributed by atoms with Gasteiger partial charge in [0.25, 0.3) is 5.91 Å². The largest absolute Gasteiger partial charge is 0.494 e. The summed E-state index contributed by atoms with van der Waals surface area (Å²) in [7, 11) is -0.280. The van der Waals surface area contributed by atoms with Crippen molar-refractivity contribution in [3.8, 4) is 5.75 Å². The standard InChI is InChI=1S/C18H22FNO6S/c1-12(18(22)20(2)14-8-9-27(23,24)11-14)26-17(21)7-5-13-4-6-16(25-3)15(19)10-13/h4-7,10,12,14H,8-9,11H2,1-3H3/b7-5+/t12-,14+/m1/s1. The summed E-state index contributed by atoms with van der Waals surface area (Å²) < 4.78 is 46.5. The highest BCUT2D eigenvalue weighted by molar-refractivity contribution is 7.91. The van der Waals surface area contributed by atoms with Gasteiger partial charge in [-0.15, -0.1) is 0 Å². The van der Waals surface area contributed by atoms with Crippen LogP contribution in [0.4, 0.5) is 4.39 Å². The number of amides is 1. The molecule has 1 aliphatic heterocycles. The minimum absolute atomic E-state index is 0.0462. The summed E-state index contributed by atoms with van der Waals surface area (Å²) >= 11 is 0. The predicted molar refractivity (Wildman–Crippen MR) is 97.4 cm³/mol. The molecule has 0 spiro atoms. The van der Waals surface area contributed by atoms with Crippen molar-refractivity contribution in [3.05, 3.63) is 35.7 Å². The van der Waals surface area contributed by atoms with Crippen LogP contribution in [-0.4, -0.2) is 63.0 Å². The fraction of sp³-hybridized carbons (Fsp3) is 0.444. The molecule has 2 atom stereocenters. The molecule has 9 heteroatoms. The molecule has 0 radical (unpaired) electrons. The first kappa shape index (κ1) is 20.9. The molecule has 27 heavy (non-hydrogen) atoms. The Morgan fingerprint density at radius 1 is 1.37 bits per heavy atom. The first-order chi connectivity index (χ1) is 12.6. The average molecular weight is 399 g/mol. The predicted octanol–water partition coefficient (Wildman–Crippen LogP) is 1.42. The molecule has 0 unspecified atom stereocenters. The van der Waals surface area contributed by atoms with E-state index in [1.165, 1.54) is 44.2 Å². The molecule has 1 aromatic rings. The Morgan fingerprint density at radius 2 is 2.07 bits per heavy atom. The summed E-state index contributed by atoms with van der Waals surface area (Å²) in [5, 5.41) is 0. The van der Waals surface area contributed by atoms with Gasteiger partial charge >= 0.3 is 5.97 Å². The van der Waals surface area contributed by atoms with Crippen LogP contribution in [0.25, 0.3) is 6.08 Å². The second-order valence-corrected chi connectivity index (χ2v) is 8.54. The molecule has 1 saturated heterocycles. The number of benzene rings is 1. The summed E-state index contributed by atoms with van der Waals surface area (Å²) in [6, 6.07) is 3.78. The van der Waals surface area contributed by atoms with Gasteiger partial charge in [0.05, 0.1) is 18.6 Å². The maximum atomic E-state index is 13.6. The molecule has 1 fully saturated rings. The van der Waals surface area contributed by atoms with E-state index in [2.05, 4.69) is 0 Å². The molecule has 148 valence electrons.